The zero-order valence-corrected chi connectivity index (χ0v) is 17.1. The van der Waals surface area contributed by atoms with Crippen molar-refractivity contribution >= 4 is 35.6 Å². The van der Waals surface area contributed by atoms with E-state index in [4.69, 9.17) is 9.52 Å². The van der Waals surface area contributed by atoms with Gasteiger partial charge in [0.25, 0.3) is 0 Å². The number of carbonyl (C=O) groups excluding carboxylic acids is 5. The molecule has 0 spiro atoms. The first-order chi connectivity index (χ1) is 15.3. The fraction of sp³-hybridized carbons (Fsp3) is 0.273. The van der Waals surface area contributed by atoms with Crippen molar-refractivity contribution in [2.45, 2.75) is 19.3 Å². The molecule has 1 N–H and O–H groups in total. The third-order valence-electron chi connectivity index (χ3n) is 4.24. The highest BCUT2D eigenvalue weighted by molar-refractivity contribution is 6.27. The second-order valence-electron chi connectivity index (χ2n) is 6.46. The third-order valence-corrected chi connectivity index (χ3v) is 4.24. The van der Waals surface area contributed by atoms with Gasteiger partial charge in [-0.15, -0.1) is 0 Å². The number of Topliss-reactive ketones (excluding diaryl/α,β-unsaturated/α-hetero) is 1. The maximum absolute atomic E-state index is 12.3. The molecular weight excluding hydrogens is 424 g/mol. The fourth-order valence-electron chi connectivity index (χ4n) is 2.71. The summed E-state index contributed by atoms with van der Waals surface area (Å²) in [6.07, 6.45) is -0.172. The Morgan fingerprint density at radius 3 is 2.25 bits per heavy atom. The zero-order valence-electron chi connectivity index (χ0n) is 17.1. The molecule has 3 rings (SSSR count). The Hall–Kier alpha value is -3.92. The second kappa shape index (κ2) is 11.5. The maximum atomic E-state index is 12.3. The van der Waals surface area contributed by atoms with Gasteiger partial charge in [0.05, 0.1) is 31.4 Å². The normalized spacial score (nSPS) is 11.5. The first-order valence-corrected chi connectivity index (χ1v) is 9.45. The highest BCUT2D eigenvalue weighted by Crippen LogP contribution is 2.29. The summed E-state index contributed by atoms with van der Waals surface area (Å²) in [4.78, 5) is 67.1. The predicted octanol–water partition coefficient (Wildman–Crippen LogP) is 1.87. The summed E-state index contributed by atoms with van der Waals surface area (Å²) < 4.78 is 14.4. The lowest BCUT2D eigenvalue weighted by atomic mass is 9.88. The number of carboxylic acid groups (broad SMARTS) is 1. The molecule has 1 aromatic carbocycles. The molecule has 1 aliphatic rings. The number of hydrogen-bond donors (Lipinski definition) is 1. The number of methoxy groups -OCH3 is 1. The molecule has 168 valence electrons. The molecule has 0 saturated carbocycles. The Bertz CT molecular complexity index is 994. The number of fused-ring (bicyclic) bond motifs is 2. The fourth-order valence-corrected chi connectivity index (χ4v) is 2.71. The molecule has 0 radical (unpaired) electrons. The SMILES string of the molecule is COCCOC(=O)CCC(=O)O.O=CCC(=O)c1cc2c(o1)C(=O)c1ccccc1C2=O. The number of hydrogen-bond acceptors (Lipinski definition) is 9. The zero-order chi connectivity index (χ0) is 23.7. The molecule has 0 unspecified atom stereocenters. The summed E-state index contributed by atoms with van der Waals surface area (Å²) in [6, 6.07) is 7.63. The maximum Gasteiger partial charge on any atom is 0.306 e. The number of furan rings is 1. The van der Waals surface area contributed by atoms with Crippen LogP contribution in [0.2, 0.25) is 0 Å². The number of ether oxygens (including phenoxy) is 2. The van der Waals surface area contributed by atoms with Crippen LogP contribution in [0.4, 0.5) is 0 Å². The van der Waals surface area contributed by atoms with Gasteiger partial charge in [0.2, 0.25) is 11.6 Å². The summed E-state index contributed by atoms with van der Waals surface area (Å²) in [6.45, 7) is 0.508. The summed E-state index contributed by atoms with van der Waals surface area (Å²) in [5.74, 6) is -3.13. The number of carbonyl (C=O) groups is 6. The highest BCUT2D eigenvalue weighted by atomic mass is 16.6. The molecule has 2 aromatic rings. The van der Waals surface area contributed by atoms with Crippen LogP contribution in [0.3, 0.4) is 0 Å². The molecule has 32 heavy (non-hydrogen) atoms. The molecule has 1 aromatic heterocycles. The van der Waals surface area contributed by atoms with Crippen LogP contribution in [0, 0.1) is 0 Å². The summed E-state index contributed by atoms with van der Waals surface area (Å²) in [5, 5.41) is 8.20. The van der Waals surface area contributed by atoms with Crippen LogP contribution >= 0.6 is 0 Å². The predicted molar refractivity (Wildman–Crippen MR) is 107 cm³/mol. The second-order valence-corrected chi connectivity index (χ2v) is 6.46. The number of esters is 1. The highest BCUT2D eigenvalue weighted by Gasteiger charge is 2.34. The van der Waals surface area contributed by atoms with Crippen molar-refractivity contribution in [2.75, 3.05) is 20.3 Å². The third kappa shape index (κ3) is 6.05. The van der Waals surface area contributed by atoms with Crippen molar-refractivity contribution in [1.82, 2.24) is 0 Å². The van der Waals surface area contributed by atoms with E-state index in [1.165, 1.54) is 19.2 Å². The van der Waals surface area contributed by atoms with Crippen LogP contribution < -0.4 is 0 Å². The number of benzene rings is 1. The van der Waals surface area contributed by atoms with Crippen molar-refractivity contribution in [3.05, 3.63) is 58.5 Å². The Balaban J connectivity index is 0.000000262. The van der Waals surface area contributed by atoms with Gasteiger partial charge in [-0.2, -0.15) is 0 Å². The van der Waals surface area contributed by atoms with E-state index in [-0.39, 0.29) is 54.3 Å². The largest absolute Gasteiger partial charge is 0.481 e. The van der Waals surface area contributed by atoms with Crippen molar-refractivity contribution in [3.63, 3.8) is 0 Å². The molecule has 0 bridgehead atoms. The van der Waals surface area contributed by atoms with Crippen LogP contribution in [0.15, 0.2) is 34.7 Å². The van der Waals surface area contributed by atoms with E-state index >= 15 is 0 Å². The minimum atomic E-state index is -1.00. The summed E-state index contributed by atoms with van der Waals surface area (Å²) in [5.41, 5.74) is 0.622. The minimum absolute atomic E-state index is 0.0722. The van der Waals surface area contributed by atoms with Gasteiger partial charge in [-0.05, 0) is 6.07 Å². The van der Waals surface area contributed by atoms with E-state index in [1.54, 1.807) is 18.2 Å². The van der Waals surface area contributed by atoms with Gasteiger partial charge in [0.15, 0.2) is 17.3 Å². The molecule has 1 aliphatic carbocycles. The average Bonchev–Trinajstić information content (AvgIpc) is 3.23. The molecule has 0 fully saturated rings. The van der Waals surface area contributed by atoms with E-state index in [0.717, 1.165) is 0 Å². The number of aldehydes is 1. The number of ketones is 3. The molecule has 1 heterocycles. The molecule has 0 atom stereocenters. The van der Waals surface area contributed by atoms with Crippen LogP contribution in [0.25, 0.3) is 0 Å². The van der Waals surface area contributed by atoms with Gasteiger partial charge in [-0.1, -0.05) is 24.3 Å². The lowest BCUT2D eigenvalue weighted by Crippen LogP contribution is -2.18. The standard InChI is InChI=1S/C15H8O5.C7H12O5/c16-6-5-11(17)12-7-10-13(18)8-3-1-2-4-9(8)14(19)15(10)20-12;1-11-4-5-12-7(10)3-2-6(8)9/h1-4,6-7H,5H2;2-5H2,1H3,(H,8,9). The first kappa shape index (κ1) is 24.4. The summed E-state index contributed by atoms with van der Waals surface area (Å²) in [7, 11) is 1.49. The van der Waals surface area contributed by atoms with Gasteiger partial charge in [0.1, 0.15) is 12.9 Å². The van der Waals surface area contributed by atoms with E-state index < -0.39 is 23.5 Å². The Morgan fingerprint density at radius 2 is 1.66 bits per heavy atom. The smallest absolute Gasteiger partial charge is 0.306 e. The molecule has 0 aliphatic heterocycles. The monoisotopic (exact) mass is 444 g/mol. The van der Waals surface area contributed by atoms with Crippen molar-refractivity contribution in [2.24, 2.45) is 0 Å². The van der Waals surface area contributed by atoms with E-state index in [9.17, 15) is 28.8 Å². The molecular formula is C22H20O10. The molecule has 0 amide bonds. The number of carboxylic acids is 1. The lowest BCUT2D eigenvalue weighted by Gasteiger charge is -2.11. The Labute approximate surface area is 182 Å². The van der Waals surface area contributed by atoms with Crippen LogP contribution in [0.1, 0.15) is 61.9 Å². The van der Waals surface area contributed by atoms with E-state index in [2.05, 4.69) is 9.47 Å². The Morgan fingerprint density at radius 1 is 1.00 bits per heavy atom. The first-order valence-electron chi connectivity index (χ1n) is 9.45. The van der Waals surface area contributed by atoms with Crippen molar-refractivity contribution < 1.29 is 47.8 Å². The minimum Gasteiger partial charge on any atom is -0.481 e. The van der Waals surface area contributed by atoms with Gasteiger partial charge in [0, 0.05) is 18.2 Å². The van der Waals surface area contributed by atoms with Crippen molar-refractivity contribution in [3.8, 4) is 0 Å². The van der Waals surface area contributed by atoms with Crippen molar-refractivity contribution in [1.29, 1.82) is 0 Å². The van der Waals surface area contributed by atoms with E-state index in [1.807, 2.05) is 0 Å². The van der Waals surface area contributed by atoms with Crippen LogP contribution in [-0.4, -0.2) is 61.0 Å². The topological polar surface area (TPSA) is 154 Å². The molecule has 10 nitrogen and oxygen atoms in total. The average molecular weight is 444 g/mol. The molecule has 0 saturated heterocycles. The van der Waals surface area contributed by atoms with Gasteiger partial charge in [-0.3, -0.25) is 24.0 Å². The lowest BCUT2D eigenvalue weighted by molar-refractivity contribution is -0.148. The Kier molecular flexibility index (Phi) is 8.72. The van der Waals surface area contributed by atoms with Crippen LogP contribution in [-0.2, 0) is 23.9 Å². The molecule has 10 heteroatoms. The van der Waals surface area contributed by atoms with Gasteiger partial charge < -0.3 is 23.8 Å². The van der Waals surface area contributed by atoms with Gasteiger partial charge in [-0.25, -0.2) is 0 Å². The number of aliphatic carboxylic acids is 1. The summed E-state index contributed by atoms with van der Waals surface area (Å²) >= 11 is 0. The van der Waals surface area contributed by atoms with Crippen LogP contribution in [0.5, 0.6) is 0 Å². The number of rotatable bonds is 9. The van der Waals surface area contributed by atoms with E-state index in [0.29, 0.717) is 18.5 Å². The van der Waals surface area contributed by atoms with Gasteiger partial charge >= 0.3 is 11.9 Å². The quantitative estimate of drug-likeness (QED) is 0.170.